The zero-order valence-electron chi connectivity index (χ0n) is 16.0. The molecule has 25 heavy (non-hydrogen) atoms. The highest BCUT2D eigenvalue weighted by Gasteiger charge is 2.38. The van der Waals surface area contributed by atoms with Gasteiger partial charge < -0.3 is 0 Å². The first-order chi connectivity index (χ1) is 12.0. The molecule has 0 N–H and O–H groups in total. The molecule has 0 aromatic heterocycles. The van der Waals surface area contributed by atoms with E-state index >= 15 is 0 Å². The van der Waals surface area contributed by atoms with Crippen molar-refractivity contribution in [1.82, 2.24) is 0 Å². The van der Waals surface area contributed by atoms with Crippen LogP contribution in [0.4, 0.5) is 13.2 Å². The Morgan fingerprint density at radius 1 is 0.880 bits per heavy atom. The van der Waals surface area contributed by atoms with Crippen molar-refractivity contribution in [2.75, 3.05) is 0 Å². The molecule has 0 aromatic rings. The third-order valence-electron chi connectivity index (χ3n) is 6.58. The maximum Gasteiger partial charge on any atom is 0.392 e. The summed E-state index contributed by atoms with van der Waals surface area (Å²) in [7, 11) is 0. The molecule has 0 spiro atoms. The van der Waals surface area contributed by atoms with Crippen molar-refractivity contribution in [3.63, 3.8) is 0 Å². The Kier molecular flexibility index (Phi) is 8.85. The van der Waals surface area contributed by atoms with Crippen molar-refractivity contribution in [1.29, 1.82) is 0 Å². The van der Waals surface area contributed by atoms with E-state index in [1.807, 2.05) is 13.0 Å². The second-order valence-corrected chi connectivity index (χ2v) is 8.47. The van der Waals surface area contributed by atoms with Crippen LogP contribution in [-0.2, 0) is 0 Å². The highest BCUT2D eigenvalue weighted by atomic mass is 19.4. The number of unbranched alkanes of at least 4 members (excludes halogenated alkanes) is 2. The van der Waals surface area contributed by atoms with Gasteiger partial charge in [-0.15, -0.1) is 0 Å². The van der Waals surface area contributed by atoms with Gasteiger partial charge >= 0.3 is 6.18 Å². The molecule has 2 fully saturated rings. The average molecular weight is 359 g/mol. The zero-order valence-corrected chi connectivity index (χ0v) is 16.0. The van der Waals surface area contributed by atoms with E-state index in [0.29, 0.717) is 12.3 Å². The van der Waals surface area contributed by atoms with Crippen molar-refractivity contribution in [2.45, 2.75) is 103 Å². The molecule has 0 saturated heterocycles. The predicted molar refractivity (Wildman–Crippen MR) is 99.5 cm³/mol. The molecule has 0 aromatic carbocycles. The summed E-state index contributed by atoms with van der Waals surface area (Å²) in [6.45, 7) is 2.03. The van der Waals surface area contributed by atoms with Gasteiger partial charge in [0.25, 0.3) is 0 Å². The van der Waals surface area contributed by atoms with Crippen LogP contribution in [0.3, 0.4) is 0 Å². The van der Waals surface area contributed by atoms with E-state index in [-0.39, 0.29) is 12.8 Å². The monoisotopic (exact) mass is 358 g/mol. The molecule has 0 radical (unpaired) electrons. The molecular weight excluding hydrogens is 321 g/mol. The van der Waals surface area contributed by atoms with E-state index in [2.05, 4.69) is 6.08 Å². The van der Waals surface area contributed by atoms with Crippen LogP contribution in [0.5, 0.6) is 0 Å². The van der Waals surface area contributed by atoms with Crippen LogP contribution >= 0.6 is 0 Å². The lowest BCUT2D eigenvalue weighted by Gasteiger charge is -2.35. The second kappa shape index (κ2) is 10.6. The Labute approximate surface area is 152 Å². The maximum absolute atomic E-state index is 13.1. The average Bonchev–Trinajstić information content (AvgIpc) is 2.61. The number of allylic oxidation sites excluding steroid dienone is 2. The topological polar surface area (TPSA) is 0 Å². The normalized spacial score (nSPS) is 27.7. The molecule has 1 atom stereocenters. The summed E-state index contributed by atoms with van der Waals surface area (Å²) < 4.78 is 39.4. The highest BCUT2D eigenvalue weighted by molar-refractivity contribution is 4.94. The smallest absolute Gasteiger partial charge is 0.171 e. The number of alkyl halides is 3. The Morgan fingerprint density at radius 3 is 2.12 bits per heavy atom. The second-order valence-electron chi connectivity index (χ2n) is 8.47. The van der Waals surface area contributed by atoms with Crippen LogP contribution in [0.2, 0.25) is 0 Å². The molecule has 3 heteroatoms. The fraction of sp³-hybridized carbons (Fsp3) is 0.909. The van der Waals surface area contributed by atoms with Crippen LogP contribution < -0.4 is 0 Å². The van der Waals surface area contributed by atoms with Gasteiger partial charge in [0.2, 0.25) is 0 Å². The fourth-order valence-corrected chi connectivity index (χ4v) is 4.91. The van der Waals surface area contributed by atoms with Crippen molar-refractivity contribution in [2.24, 2.45) is 23.7 Å². The SMILES string of the molecule is CCCCCC(CC=CC1CCC(C2CCCCC2)CC1)C(F)(F)F. The molecule has 2 rings (SSSR count). The third-order valence-corrected chi connectivity index (χ3v) is 6.58. The Bertz CT molecular complexity index is 371. The van der Waals surface area contributed by atoms with E-state index < -0.39 is 12.1 Å². The van der Waals surface area contributed by atoms with Crippen LogP contribution in [0, 0.1) is 23.7 Å². The highest BCUT2D eigenvalue weighted by Crippen LogP contribution is 2.40. The van der Waals surface area contributed by atoms with Crippen LogP contribution in [0.25, 0.3) is 0 Å². The summed E-state index contributed by atoms with van der Waals surface area (Å²) in [6, 6.07) is 0. The van der Waals surface area contributed by atoms with Gasteiger partial charge in [-0.25, -0.2) is 0 Å². The number of hydrogen-bond donors (Lipinski definition) is 0. The summed E-state index contributed by atoms with van der Waals surface area (Å²) >= 11 is 0. The summed E-state index contributed by atoms with van der Waals surface area (Å²) in [6.07, 6.45) is 14.9. The van der Waals surface area contributed by atoms with Gasteiger partial charge in [0.15, 0.2) is 0 Å². The van der Waals surface area contributed by atoms with Crippen molar-refractivity contribution >= 4 is 0 Å². The first-order valence-electron chi connectivity index (χ1n) is 10.7. The maximum atomic E-state index is 13.1. The Balaban J connectivity index is 1.71. The summed E-state index contributed by atoms with van der Waals surface area (Å²) in [5.41, 5.74) is 0. The molecule has 0 nitrogen and oxygen atoms in total. The van der Waals surface area contributed by atoms with Crippen LogP contribution in [0.1, 0.15) is 96.8 Å². The lowest BCUT2D eigenvalue weighted by molar-refractivity contribution is -0.175. The minimum atomic E-state index is -4.04. The third kappa shape index (κ3) is 7.35. The Morgan fingerprint density at radius 2 is 1.52 bits per heavy atom. The molecule has 2 saturated carbocycles. The van der Waals surface area contributed by atoms with Gasteiger partial charge in [0.05, 0.1) is 5.92 Å². The molecule has 0 heterocycles. The summed E-state index contributed by atoms with van der Waals surface area (Å²) in [5, 5.41) is 0. The van der Waals surface area contributed by atoms with Gasteiger partial charge in [-0.3, -0.25) is 0 Å². The molecule has 2 aliphatic rings. The quantitative estimate of drug-likeness (QED) is 0.304. The zero-order chi connectivity index (χ0) is 18.1. The number of hydrogen-bond acceptors (Lipinski definition) is 0. The van der Waals surface area contributed by atoms with Crippen LogP contribution in [-0.4, -0.2) is 6.18 Å². The van der Waals surface area contributed by atoms with Gasteiger partial charge in [-0.2, -0.15) is 13.2 Å². The standard InChI is InChI=1S/C22H37F3/c1-2-3-5-12-21(22(23,24)25)13-8-9-18-14-16-20(17-15-18)19-10-6-4-7-11-19/h8-9,18-21H,2-7,10-17H2,1H3. The fourth-order valence-electron chi connectivity index (χ4n) is 4.91. The first-order valence-corrected chi connectivity index (χ1v) is 10.7. The molecule has 0 aliphatic heterocycles. The van der Waals surface area contributed by atoms with E-state index in [0.717, 1.165) is 24.7 Å². The van der Waals surface area contributed by atoms with E-state index in [1.165, 1.54) is 57.8 Å². The molecular formula is C22H37F3. The van der Waals surface area contributed by atoms with E-state index in [1.54, 1.807) is 0 Å². The van der Waals surface area contributed by atoms with Crippen LogP contribution in [0.15, 0.2) is 12.2 Å². The lowest BCUT2D eigenvalue weighted by atomic mass is 9.71. The van der Waals surface area contributed by atoms with Crippen molar-refractivity contribution < 1.29 is 13.2 Å². The molecule has 0 amide bonds. The van der Waals surface area contributed by atoms with Gasteiger partial charge in [-0.05, 0) is 56.3 Å². The number of halogens is 3. The minimum absolute atomic E-state index is 0.176. The van der Waals surface area contributed by atoms with E-state index in [9.17, 15) is 13.2 Å². The van der Waals surface area contributed by atoms with Gasteiger partial charge in [0.1, 0.15) is 0 Å². The van der Waals surface area contributed by atoms with Gasteiger partial charge in [0, 0.05) is 0 Å². The largest absolute Gasteiger partial charge is 0.392 e. The molecule has 1 unspecified atom stereocenters. The number of rotatable bonds is 8. The lowest BCUT2D eigenvalue weighted by Crippen LogP contribution is -2.23. The predicted octanol–water partition coefficient (Wildman–Crippen LogP) is 8.08. The van der Waals surface area contributed by atoms with Crippen molar-refractivity contribution in [3.8, 4) is 0 Å². The van der Waals surface area contributed by atoms with E-state index in [4.69, 9.17) is 0 Å². The summed E-state index contributed by atoms with van der Waals surface area (Å²) in [4.78, 5) is 0. The molecule has 0 bridgehead atoms. The minimum Gasteiger partial charge on any atom is -0.171 e. The summed E-state index contributed by atoms with van der Waals surface area (Å²) in [5.74, 6) is 1.20. The Hall–Kier alpha value is -0.470. The first kappa shape index (κ1) is 20.8. The molecule has 2 aliphatic carbocycles. The molecule has 146 valence electrons. The van der Waals surface area contributed by atoms with Crippen molar-refractivity contribution in [3.05, 3.63) is 12.2 Å². The van der Waals surface area contributed by atoms with Gasteiger partial charge in [-0.1, -0.05) is 70.4 Å².